The van der Waals surface area contributed by atoms with Crippen molar-refractivity contribution in [1.29, 1.82) is 0 Å². The molecule has 0 bridgehead atoms. The summed E-state index contributed by atoms with van der Waals surface area (Å²) < 4.78 is 10.8. The minimum atomic E-state index is -1.28. The van der Waals surface area contributed by atoms with Crippen LogP contribution >= 0.6 is 0 Å². The summed E-state index contributed by atoms with van der Waals surface area (Å²) in [6.45, 7) is 3.02. The van der Waals surface area contributed by atoms with Gasteiger partial charge in [-0.05, 0) is 28.2 Å². The Hall–Kier alpha value is -3.39. The first-order valence-electron chi connectivity index (χ1n) is 12.1. The second-order valence-electron chi connectivity index (χ2n) is 9.23. The number of hydrogen-bond acceptors (Lipinski definition) is 5. The van der Waals surface area contributed by atoms with Crippen molar-refractivity contribution < 1.29 is 29.0 Å². The molecular formula is C27H32N2O6. The summed E-state index contributed by atoms with van der Waals surface area (Å²) in [5, 5.41) is 15.1. The number of fused-ring (bicyclic) bond motifs is 3. The third-order valence-electron chi connectivity index (χ3n) is 7.06. The minimum Gasteiger partial charge on any atom is -0.480 e. The van der Waals surface area contributed by atoms with Gasteiger partial charge in [-0.2, -0.15) is 0 Å². The normalized spacial score (nSPS) is 17.1. The van der Waals surface area contributed by atoms with Crippen LogP contribution in [0.25, 0.3) is 11.1 Å². The van der Waals surface area contributed by atoms with E-state index in [9.17, 15) is 19.5 Å². The van der Waals surface area contributed by atoms with E-state index in [1.807, 2.05) is 31.2 Å². The van der Waals surface area contributed by atoms with E-state index in [0.717, 1.165) is 22.3 Å². The van der Waals surface area contributed by atoms with Crippen LogP contribution < -0.4 is 10.6 Å². The van der Waals surface area contributed by atoms with Gasteiger partial charge in [0, 0.05) is 44.9 Å². The number of alkyl carbamates (subject to hydrolysis) is 1. The zero-order valence-corrected chi connectivity index (χ0v) is 19.9. The van der Waals surface area contributed by atoms with E-state index in [1.165, 1.54) is 0 Å². The van der Waals surface area contributed by atoms with Gasteiger partial charge in [-0.1, -0.05) is 61.9 Å². The standard InChI is InChI=1S/C27H32N2O6/c1-2-18(15-24(30)29-27(25(31)32)11-13-34-14-12-27)16-28-26(33)35-17-23-21-9-5-3-7-19(21)20-8-4-6-10-22(20)23/h3-10,18,23H,2,11-17H2,1H3,(H,28,33)(H,29,30)(H,31,32). The van der Waals surface area contributed by atoms with Crippen LogP contribution in [-0.2, 0) is 19.1 Å². The number of carbonyl (C=O) groups is 3. The summed E-state index contributed by atoms with van der Waals surface area (Å²) >= 11 is 0. The van der Waals surface area contributed by atoms with Crippen molar-refractivity contribution in [3.05, 3.63) is 59.7 Å². The molecule has 1 fully saturated rings. The van der Waals surface area contributed by atoms with E-state index in [4.69, 9.17) is 9.47 Å². The molecule has 2 aliphatic rings. The van der Waals surface area contributed by atoms with Crippen LogP contribution in [0.1, 0.15) is 49.7 Å². The molecule has 0 radical (unpaired) electrons. The molecular weight excluding hydrogens is 448 g/mol. The number of hydrogen-bond donors (Lipinski definition) is 3. The molecule has 8 nitrogen and oxygen atoms in total. The summed E-state index contributed by atoms with van der Waals surface area (Å²) in [6.07, 6.45) is 0.722. The van der Waals surface area contributed by atoms with Crippen molar-refractivity contribution in [2.24, 2.45) is 5.92 Å². The lowest BCUT2D eigenvalue weighted by Gasteiger charge is -2.34. The molecule has 4 rings (SSSR count). The van der Waals surface area contributed by atoms with Gasteiger partial charge in [0.2, 0.25) is 5.91 Å². The van der Waals surface area contributed by atoms with Crippen LogP contribution in [-0.4, -0.2) is 55.0 Å². The van der Waals surface area contributed by atoms with Crippen molar-refractivity contribution in [3.63, 3.8) is 0 Å². The number of benzene rings is 2. The molecule has 35 heavy (non-hydrogen) atoms. The van der Waals surface area contributed by atoms with Crippen LogP contribution in [0.5, 0.6) is 0 Å². The third-order valence-corrected chi connectivity index (χ3v) is 7.06. The lowest BCUT2D eigenvalue weighted by Crippen LogP contribution is -2.57. The summed E-state index contributed by atoms with van der Waals surface area (Å²) in [5.41, 5.74) is 3.33. The fourth-order valence-corrected chi connectivity index (χ4v) is 4.93. The van der Waals surface area contributed by atoms with Crippen molar-refractivity contribution >= 4 is 18.0 Å². The molecule has 0 spiro atoms. The van der Waals surface area contributed by atoms with E-state index >= 15 is 0 Å². The zero-order valence-electron chi connectivity index (χ0n) is 19.9. The number of amides is 2. The van der Waals surface area contributed by atoms with Crippen LogP contribution in [0.4, 0.5) is 4.79 Å². The van der Waals surface area contributed by atoms with Crippen LogP contribution in [0.2, 0.25) is 0 Å². The van der Waals surface area contributed by atoms with Crippen LogP contribution in [0, 0.1) is 5.92 Å². The molecule has 1 atom stereocenters. The van der Waals surface area contributed by atoms with Gasteiger partial charge in [0.25, 0.3) is 0 Å². The number of ether oxygens (including phenoxy) is 2. The largest absolute Gasteiger partial charge is 0.480 e. The van der Waals surface area contributed by atoms with Gasteiger partial charge in [0.1, 0.15) is 12.1 Å². The van der Waals surface area contributed by atoms with Gasteiger partial charge in [-0.25, -0.2) is 9.59 Å². The molecule has 3 N–H and O–H groups in total. The van der Waals surface area contributed by atoms with Crippen molar-refractivity contribution in [2.75, 3.05) is 26.4 Å². The molecule has 1 unspecified atom stereocenters. The van der Waals surface area contributed by atoms with E-state index < -0.39 is 17.6 Å². The van der Waals surface area contributed by atoms with Gasteiger partial charge in [-0.15, -0.1) is 0 Å². The van der Waals surface area contributed by atoms with E-state index in [-0.39, 0.29) is 50.2 Å². The summed E-state index contributed by atoms with van der Waals surface area (Å²) in [6, 6.07) is 16.3. The van der Waals surface area contributed by atoms with Gasteiger partial charge in [-0.3, -0.25) is 4.79 Å². The highest BCUT2D eigenvalue weighted by molar-refractivity contribution is 5.87. The summed E-state index contributed by atoms with van der Waals surface area (Å²) in [4.78, 5) is 36.8. The molecule has 1 saturated heterocycles. The first-order valence-corrected chi connectivity index (χ1v) is 12.1. The number of nitrogens with one attached hydrogen (secondary N) is 2. The molecule has 186 valence electrons. The average molecular weight is 481 g/mol. The predicted octanol–water partition coefficient (Wildman–Crippen LogP) is 3.69. The lowest BCUT2D eigenvalue weighted by atomic mass is 9.89. The Bertz CT molecular complexity index is 1030. The Balaban J connectivity index is 1.28. The summed E-state index contributed by atoms with van der Waals surface area (Å²) in [5.74, 6) is -1.54. The Morgan fingerprint density at radius 1 is 1.06 bits per heavy atom. The fourth-order valence-electron chi connectivity index (χ4n) is 4.93. The number of aliphatic carboxylic acids is 1. The second-order valence-corrected chi connectivity index (χ2v) is 9.23. The highest BCUT2D eigenvalue weighted by Gasteiger charge is 2.41. The smallest absolute Gasteiger partial charge is 0.407 e. The highest BCUT2D eigenvalue weighted by atomic mass is 16.5. The molecule has 2 aromatic rings. The van der Waals surface area contributed by atoms with Crippen molar-refractivity contribution in [3.8, 4) is 11.1 Å². The maximum absolute atomic E-state index is 12.6. The van der Waals surface area contributed by atoms with Gasteiger partial charge in [0.15, 0.2) is 0 Å². The van der Waals surface area contributed by atoms with E-state index in [2.05, 4.69) is 34.9 Å². The van der Waals surface area contributed by atoms with Crippen LogP contribution in [0.3, 0.4) is 0 Å². The first-order chi connectivity index (χ1) is 16.9. The molecule has 2 aromatic carbocycles. The van der Waals surface area contributed by atoms with E-state index in [0.29, 0.717) is 19.6 Å². The average Bonchev–Trinajstić information content (AvgIpc) is 3.19. The number of rotatable bonds is 9. The Labute approximate surface area is 205 Å². The monoisotopic (exact) mass is 480 g/mol. The second kappa shape index (κ2) is 10.9. The fraction of sp³-hybridized carbons (Fsp3) is 0.444. The predicted molar refractivity (Wildman–Crippen MR) is 130 cm³/mol. The number of carboxylic acid groups (broad SMARTS) is 1. The maximum atomic E-state index is 12.6. The Kier molecular flexibility index (Phi) is 7.70. The number of carboxylic acids is 1. The zero-order chi connectivity index (χ0) is 24.8. The third kappa shape index (κ3) is 5.48. The van der Waals surface area contributed by atoms with Gasteiger partial charge < -0.3 is 25.2 Å². The quantitative estimate of drug-likeness (QED) is 0.504. The molecule has 8 heteroatoms. The Morgan fingerprint density at radius 2 is 1.66 bits per heavy atom. The Morgan fingerprint density at radius 3 is 2.23 bits per heavy atom. The van der Waals surface area contributed by atoms with Crippen molar-refractivity contribution in [2.45, 2.75) is 44.1 Å². The molecule has 2 amide bonds. The van der Waals surface area contributed by atoms with Gasteiger partial charge in [0.05, 0.1) is 0 Å². The number of carbonyl (C=O) groups excluding carboxylic acids is 2. The lowest BCUT2D eigenvalue weighted by molar-refractivity contribution is -0.152. The highest BCUT2D eigenvalue weighted by Crippen LogP contribution is 2.44. The summed E-state index contributed by atoms with van der Waals surface area (Å²) in [7, 11) is 0. The topological polar surface area (TPSA) is 114 Å². The van der Waals surface area contributed by atoms with E-state index in [1.54, 1.807) is 0 Å². The van der Waals surface area contributed by atoms with Crippen molar-refractivity contribution in [1.82, 2.24) is 10.6 Å². The molecule has 0 saturated carbocycles. The molecule has 1 aliphatic heterocycles. The molecule has 0 aromatic heterocycles. The maximum Gasteiger partial charge on any atom is 0.407 e. The minimum absolute atomic E-state index is 0.0208. The van der Waals surface area contributed by atoms with Crippen LogP contribution in [0.15, 0.2) is 48.5 Å². The molecule has 1 heterocycles. The molecule has 1 aliphatic carbocycles. The first kappa shape index (κ1) is 24.7. The van der Waals surface area contributed by atoms with Gasteiger partial charge >= 0.3 is 12.1 Å². The SMILES string of the molecule is CCC(CNC(=O)OCC1c2ccccc2-c2ccccc21)CC(=O)NC1(C(=O)O)CCOCC1.